The second kappa shape index (κ2) is 8.65. The van der Waals surface area contributed by atoms with Gasteiger partial charge in [-0.15, -0.1) is 0 Å². The molecule has 34 heavy (non-hydrogen) atoms. The lowest BCUT2D eigenvalue weighted by Gasteiger charge is -2.26. The van der Waals surface area contributed by atoms with Crippen LogP contribution in [0.1, 0.15) is 16.7 Å². The van der Waals surface area contributed by atoms with Crippen molar-refractivity contribution in [2.45, 2.75) is 13.5 Å². The standard InChI is InChI=1S/C27H20ClN3O3/c1-17-5-4-6-21(13-17)31-26(33)23(25(32)29-27(31)34)14-19-16-30(24-8-3-2-7-22(19)24)15-18-9-11-20(28)12-10-18/h2-14,16H,15H2,1H3,(H,29,32,34)/b23-14+. The van der Waals surface area contributed by atoms with E-state index in [0.29, 0.717) is 22.8 Å². The summed E-state index contributed by atoms with van der Waals surface area (Å²) >= 11 is 6.01. The van der Waals surface area contributed by atoms with Crippen molar-refractivity contribution in [2.75, 3.05) is 4.90 Å². The molecule has 4 aromatic rings. The average Bonchev–Trinajstić information content (AvgIpc) is 3.15. The van der Waals surface area contributed by atoms with Crippen LogP contribution in [0.15, 0.2) is 84.6 Å². The molecule has 0 atom stereocenters. The maximum Gasteiger partial charge on any atom is 0.335 e. The number of aryl methyl sites for hydroxylation is 1. The minimum atomic E-state index is -0.761. The number of hydrogen-bond acceptors (Lipinski definition) is 3. The molecule has 5 rings (SSSR count). The van der Waals surface area contributed by atoms with Gasteiger partial charge in [0.1, 0.15) is 5.57 Å². The van der Waals surface area contributed by atoms with Crippen molar-refractivity contribution in [1.29, 1.82) is 0 Å². The Morgan fingerprint density at radius 2 is 1.71 bits per heavy atom. The molecule has 4 amide bonds. The summed E-state index contributed by atoms with van der Waals surface area (Å²) in [4.78, 5) is 39.4. The molecule has 1 saturated heterocycles. The first kappa shape index (κ1) is 21.7. The first-order valence-electron chi connectivity index (χ1n) is 10.7. The smallest absolute Gasteiger partial charge is 0.335 e. The number of aromatic nitrogens is 1. The highest BCUT2D eigenvalue weighted by atomic mass is 35.5. The predicted octanol–water partition coefficient (Wildman–Crippen LogP) is 5.32. The molecule has 0 radical (unpaired) electrons. The monoisotopic (exact) mass is 469 g/mol. The topological polar surface area (TPSA) is 71.4 Å². The van der Waals surface area contributed by atoms with Crippen molar-refractivity contribution in [2.24, 2.45) is 0 Å². The molecule has 1 N–H and O–H groups in total. The van der Waals surface area contributed by atoms with Crippen LogP contribution in [-0.2, 0) is 16.1 Å². The van der Waals surface area contributed by atoms with E-state index in [1.807, 2.05) is 67.7 Å². The molecular weight excluding hydrogens is 450 g/mol. The van der Waals surface area contributed by atoms with Gasteiger partial charge in [-0.25, -0.2) is 9.69 Å². The molecule has 0 saturated carbocycles. The van der Waals surface area contributed by atoms with E-state index in [2.05, 4.69) is 9.88 Å². The Morgan fingerprint density at radius 3 is 2.47 bits per heavy atom. The van der Waals surface area contributed by atoms with E-state index in [1.165, 1.54) is 0 Å². The number of anilines is 1. The Bertz CT molecular complexity index is 1480. The molecule has 6 nitrogen and oxygen atoms in total. The molecule has 1 aromatic heterocycles. The zero-order valence-electron chi connectivity index (χ0n) is 18.3. The van der Waals surface area contributed by atoms with Gasteiger partial charge in [-0.1, -0.05) is 54.1 Å². The number of halogens is 1. The fourth-order valence-electron chi connectivity index (χ4n) is 4.12. The Morgan fingerprint density at radius 1 is 0.941 bits per heavy atom. The number of fused-ring (bicyclic) bond motifs is 1. The summed E-state index contributed by atoms with van der Waals surface area (Å²) < 4.78 is 2.06. The van der Waals surface area contributed by atoms with E-state index in [-0.39, 0.29) is 5.57 Å². The van der Waals surface area contributed by atoms with Crippen molar-refractivity contribution >= 4 is 52.1 Å². The maximum atomic E-state index is 13.3. The molecule has 0 bridgehead atoms. The van der Waals surface area contributed by atoms with E-state index in [4.69, 9.17) is 11.6 Å². The van der Waals surface area contributed by atoms with Crippen molar-refractivity contribution in [3.05, 3.63) is 106 Å². The van der Waals surface area contributed by atoms with Gasteiger partial charge in [0.25, 0.3) is 11.8 Å². The van der Waals surface area contributed by atoms with Gasteiger partial charge in [0.15, 0.2) is 0 Å². The minimum absolute atomic E-state index is 0.101. The number of barbiturate groups is 1. The van der Waals surface area contributed by atoms with E-state index in [9.17, 15) is 14.4 Å². The van der Waals surface area contributed by atoms with Gasteiger partial charge in [0.05, 0.1) is 5.69 Å². The Kier molecular flexibility index (Phi) is 5.51. The quantitative estimate of drug-likeness (QED) is 0.325. The number of para-hydroxylation sites is 1. The molecular formula is C27H20ClN3O3. The summed E-state index contributed by atoms with van der Waals surface area (Å²) in [5, 5.41) is 3.85. The summed E-state index contributed by atoms with van der Waals surface area (Å²) in [5.41, 5.74) is 3.93. The third kappa shape index (κ3) is 4.00. The lowest BCUT2D eigenvalue weighted by Crippen LogP contribution is -2.54. The third-order valence-corrected chi connectivity index (χ3v) is 6.00. The van der Waals surface area contributed by atoms with Crippen LogP contribution in [0.4, 0.5) is 10.5 Å². The maximum absolute atomic E-state index is 13.3. The van der Waals surface area contributed by atoms with Crippen molar-refractivity contribution in [1.82, 2.24) is 9.88 Å². The second-order valence-electron chi connectivity index (χ2n) is 8.15. The summed E-state index contributed by atoms with van der Waals surface area (Å²) in [6.45, 7) is 2.46. The molecule has 1 aliphatic heterocycles. The number of nitrogens with zero attached hydrogens (tertiary/aromatic N) is 2. The van der Waals surface area contributed by atoms with Crippen LogP contribution in [0, 0.1) is 6.92 Å². The van der Waals surface area contributed by atoms with E-state index < -0.39 is 17.8 Å². The lowest BCUT2D eigenvalue weighted by molar-refractivity contribution is -0.122. The Hall–Kier alpha value is -4.16. The number of amides is 4. The number of rotatable bonds is 4. The fraction of sp³-hybridized carbons (Fsp3) is 0.0741. The van der Waals surface area contributed by atoms with Gasteiger partial charge in [0, 0.05) is 34.2 Å². The summed E-state index contributed by atoms with van der Waals surface area (Å²) in [7, 11) is 0. The van der Waals surface area contributed by atoms with Gasteiger partial charge in [-0.05, 0) is 54.5 Å². The lowest BCUT2D eigenvalue weighted by atomic mass is 10.1. The van der Waals surface area contributed by atoms with E-state index in [1.54, 1.807) is 24.3 Å². The fourth-order valence-corrected chi connectivity index (χ4v) is 4.25. The van der Waals surface area contributed by atoms with Gasteiger partial charge < -0.3 is 4.57 Å². The number of urea groups is 1. The highest BCUT2D eigenvalue weighted by Gasteiger charge is 2.37. The van der Waals surface area contributed by atoms with Gasteiger partial charge in [-0.3, -0.25) is 14.9 Å². The molecule has 0 spiro atoms. The Labute approximate surface area is 201 Å². The molecule has 168 valence electrons. The molecule has 1 aliphatic rings. The summed E-state index contributed by atoms with van der Waals surface area (Å²) in [5.74, 6) is -1.37. The first-order chi connectivity index (χ1) is 16.4. The molecule has 0 aliphatic carbocycles. The number of imide groups is 2. The molecule has 0 unspecified atom stereocenters. The normalized spacial score (nSPS) is 15.3. The molecule has 7 heteroatoms. The first-order valence-corrected chi connectivity index (χ1v) is 11.1. The number of carbonyl (C=O) groups is 3. The predicted molar refractivity (Wildman–Crippen MR) is 133 cm³/mol. The minimum Gasteiger partial charge on any atom is -0.342 e. The number of hydrogen-bond donors (Lipinski definition) is 1. The van der Waals surface area contributed by atoms with Crippen LogP contribution in [0.25, 0.3) is 17.0 Å². The number of benzene rings is 3. The number of carbonyl (C=O) groups excluding carboxylic acids is 3. The van der Waals surface area contributed by atoms with Crippen LogP contribution in [0.3, 0.4) is 0 Å². The highest BCUT2D eigenvalue weighted by Crippen LogP contribution is 2.27. The van der Waals surface area contributed by atoms with Crippen molar-refractivity contribution in [3.8, 4) is 0 Å². The van der Waals surface area contributed by atoms with Crippen molar-refractivity contribution < 1.29 is 14.4 Å². The zero-order chi connectivity index (χ0) is 23.8. The molecule has 1 fully saturated rings. The average molecular weight is 470 g/mol. The third-order valence-electron chi connectivity index (χ3n) is 5.75. The van der Waals surface area contributed by atoms with Crippen LogP contribution in [0.5, 0.6) is 0 Å². The van der Waals surface area contributed by atoms with Crippen LogP contribution < -0.4 is 10.2 Å². The zero-order valence-corrected chi connectivity index (χ0v) is 19.0. The molecule has 2 heterocycles. The van der Waals surface area contributed by atoms with Gasteiger partial charge in [-0.2, -0.15) is 0 Å². The van der Waals surface area contributed by atoms with Crippen LogP contribution in [0.2, 0.25) is 5.02 Å². The van der Waals surface area contributed by atoms with Crippen LogP contribution in [-0.4, -0.2) is 22.4 Å². The summed E-state index contributed by atoms with van der Waals surface area (Å²) in [6, 6.07) is 21.6. The van der Waals surface area contributed by atoms with Crippen molar-refractivity contribution in [3.63, 3.8) is 0 Å². The Balaban J connectivity index is 1.56. The molecule has 3 aromatic carbocycles. The number of nitrogens with one attached hydrogen (secondary N) is 1. The largest absolute Gasteiger partial charge is 0.342 e. The highest BCUT2D eigenvalue weighted by molar-refractivity contribution is 6.39. The SMILES string of the molecule is Cc1cccc(N2C(=O)NC(=O)/C(=C\c3cn(Cc4ccc(Cl)cc4)c4ccccc34)C2=O)c1. The second-order valence-corrected chi connectivity index (χ2v) is 8.59. The van der Waals surface area contributed by atoms with E-state index >= 15 is 0 Å². The van der Waals surface area contributed by atoms with Gasteiger partial charge >= 0.3 is 6.03 Å². The van der Waals surface area contributed by atoms with Crippen LogP contribution >= 0.6 is 11.6 Å². The van der Waals surface area contributed by atoms with E-state index in [0.717, 1.165) is 26.9 Å². The summed E-state index contributed by atoms with van der Waals surface area (Å²) in [6.07, 6.45) is 3.45. The van der Waals surface area contributed by atoms with Gasteiger partial charge in [0.2, 0.25) is 0 Å².